The Balaban J connectivity index is 0.00000192. The number of carbonyl (C=O) groups is 1. The monoisotopic (exact) mass is 334 g/mol. The lowest BCUT2D eigenvalue weighted by Gasteiger charge is -2.27. The van der Waals surface area contributed by atoms with Gasteiger partial charge in [0, 0.05) is 37.9 Å². The Labute approximate surface area is 140 Å². The predicted molar refractivity (Wildman–Crippen MR) is 90.6 cm³/mol. The van der Waals surface area contributed by atoms with Crippen LogP contribution >= 0.6 is 12.4 Å². The lowest BCUT2D eigenvalue weighted by molar-refractivity contribution is 0.0726. The second-order valence-corrected chi connectivity index (χ2v) is 5.29. The summed E-state index contributed by atoms with van der Waals surface area (Å²) in [4.78, 5) is 26.4. The van der Waals surface area contributed by atoms with E-state index in [4.69, 9.17) is 0 Å². The van der Waals surface area contributed by atoms with E-state index in [0.29, 0.717) is 18.8 Å². The number of halogens is 1. The average molecular weight is 335 g/mol. The maximum Gasteiger partial charge on any atom is 0.278 e. The Morgan fingerprint density at radius 3 is 2.48 bits per heavy atom. The van der Waals surface area contributed by atoms with Crippen molar-refractivity contribution in [3.8, 4) is 5.69 Å². The molecule has 122 valence electrons. The quantitative estimate of drug-likeness (QED) is 0.890. The molecule has 0 saturated carbocycles. The highest BCUT2D eigenvalue weighted by Gasteiger charge is 2.22. The number of piperazine rings is 1. The van der Waals surface area contributed by atoms with Gasteiger partial charge in [0.15, 0.2) is 5.69 Å². The van der Waals surface area contributed by atoms with Crippen molar-refractivity contribution in [1.29, 1.82) is 0 Å². The van der Waals surface area contributed by atoms with Crippen LogP contribution in [0.1, 0.15) is 16.2 Å². The molecule has 1 saturated heterocycles. The zero-order chi connectivity index (χ0) is 15.5. The van der Waals surface area contributed by atoms with Gasteiger partial charge in [-0.25, -0.2) is 4.68 Å². The Morgan fingerprint density at radius 1 is 1.17 bits per heavy atom. The zero-order valence-electron chi connectivity index (χ0n) is 12.9. The summed E-state index contributed by atoms with van der Waals surface area (Å²) in [6.45, 7) is 4.48. The van der Waals surface area contributed by atoms with Crippen LogP contribution in [0.25, 0.3) is 5.69 Å². The van der Waals surface area contributed by atoms with Gasteiger partial charge < -0.3 is 10.2 Å². The topological polar surface area (TPSA) is 67.2 Å². The molecule has 3 rings (SSSR count). The Morgan fingerprint density at radius 2 is 1.83 bits per heavy atom. The standard InChI is InChI=1S/C16H18N4O2.ClH/c1-12-11-14(21)15(16(22)19-9-7-17-8-10-19)18-20(12)13-5-3-2-4-6-13;/h2-6,11,17H,7-10H2,1H3;1H. The van der Waals surface area contributed by atoms with Gasteiger partial charge >= 0.3 is 0 Å². The summed E-state index contributed by atoms with van der Waals surface area (Å²) in [5, 5.41) is 7.49. The minimum Gasteiger partial charge on any atom is -0.335 e. The number of aromatic nitrogens is 2. The third-order valence-electron chi connectivity index (χ3n) is 3.72. The van der Waals surface area contributed by atoms with Gasteiger partial charge in [0.1, 0.15) is 0 Å². The molecule has 1 aromatic carbocycles. The summed E-state index contributed by atoms with van der Waals surface area (Å²) >= 11 is 0. The van der Waals surface area contributed by atoms with E-state index in [0.717, 1.165) is 18.8 Å². The molecule has 1 fully saturated rings. The summed E-state index contributed by atoms with van der Waals surface area (Å²) < 4.78 is 1.64. The van der Waals surface area contributed by atoms with Gasteiger partial charge in [0.05, 0.1) is 5.69 Å². The highest BCUT2D eigenvalue weighted by Crippen LogP contribution is 2.09. The second-order valence-electron chi connectivity index (χ2n) is 5.29. The highest BCUT2D eigenvalue weighted by atomic mass is 35.5. The first-order chi connectivity index (χ1) is 10.7. The van der Waals surface area contributed by atoms with Gasteiger partial charge in [-0.2, -0.15) is 5.10 Å². The number of benzene rings is 1. The first-order valence-electron chi connectivity index (χ1n) is 7.33. The SMILES string of the molecule is Cc1cc(=O)c(C(=O)N2CCNCC2)nn1-c1ccccc1.Cl. The average Bonchev–Trinajstić information content (AvgIpc) is 2.56. The van der Waals surface area contributed by atoms with E-state index in [-0.39, 0.29) is 29.4 Å². The summed E-state index contributed by atoms with van der Waals surface area (Å²) in [6, 6.07) is 11.0. The summed E-state index contributed by atoms with van der Waals surface area (Å²) in [5.74, 6) is -0.295. The molecule has 0 aliphatic carbocycles. The second kappa shape index (κ2) is 7.39. The molecule has 6 nitrogen and oxygen atoms in total. The van der Waals surface area contributed by atoms with Crippen LogP contribution in [-0.2, 0) is 0 Å². The molecule has 23 heavy (non-hydrogen) atoms. The van der Waals surface area contributed by atoms with E-state index in [1.54, 1.807) is 16.5 Å². The molecule has 1 N–H and O–H groups in total. The van der Waals surface area contributed by atoms with Crippen LogP contribution in [0.15, 0.2) is 41.2 Å². The number of aryl methyl sites for hydroxylation is 1. The molecular weight excluding hydrogens is 316 g/mol. The largest absolute Gasteiger partial charge is 0.335 e. The fraction of sp³-hybridized carbons (Fsp3) is 0.312. The van der Waals surface area contributed by atoms with Gasteiger partial charge in [0.2, 0.25) is 5.43 Å². The van der Waals surface area contributed by atoms with Crippen molar-refractivity contribution >= 4 is 18.3 Å². The maximum atomic E-state index is 12.5. The Hall–Kier alpha value is -2.18. The smallest absolute Gasteiger partial charge is 0.278 e. The fourth-order valence-electron chi connectivity index (χ4n) is 2.54. The summed E-state index contributed by atoms with van der Waals surface area (Å²) in [7, 11) is 0. The minimum absolute atomic E-state index is 0. The number of hydrogen-bond donors (Lipinski definition) is 1. The molecule has 7 heteroatoms. The van der Waals surface area contributed by atoms with Crippen LogP contribution in [0, 0.1) is 6.92 Å². The molecule has 2 heterocycles. The van der Waals surface area contributed by atoms with E-state index < -0.39 is 0 Å². The molecule has 0 spiro atoms. The third kappa shape index (κ3) is 3.60. The lowest BCUT2D eigenvalue weighted by atomic mass is 10.2. The highest BCUT2D eigenvalue weighted by molar-refractivity contribution is 5.92. The van der Waals surface area contributed by atoms with Crippen molar-refractivity contribution in [2.75, 3.05) is 26.2 Å². The van der Waals surface area contributed by atoms with Crippen LogP contribution < -0.4 is 10.7 Å². The van der Waals surface area contributed by atoms with Crippen LogP contribution in [-0.4, -0.2) is 46.8 Å². The summed E-state index contributed by atoms with van der Waals surface area (Å²) in [6.07, 6.45) is 0. The van der Waals surface area contributed by atoms with Gasteiger partial charge in [0.25, 0.3) is 5.91 Å². The number of para-hydroxylation sites is 1. The zero-order valence-corrected chi connectivity index (χ0v) is 13.7. The molecule has 1 aliphatic rings. The number of nitrogens with one attached hydrogen (secondary N) is 1. The van der Waals surface area contributed by atoms with E-state index in [1.165, 1.54) is 6.07 Å². The number of amides is 1. The van der Waals surface area contributed by atoms with Crippen LogP contribution in [0.5, 0.6) is 0 Å². The van der Waals surface area contributed by atoms with E-state index in [1.807, 2.05) is 30.3 Å². The van der Waals surface area contributed by atoms with E-state index >= 15 is 0 Å². The predicted octanol–water partition coefficient (Wildman–Crippen LogP) is 1.01. The fourth-order valence-corrected chi connectivity index (χ4v) is 2.54. The number of carbonyl (C=O) groups excluding carboxylic acids is 1. The number of hydrogen-bond acceptors (Lipinski definition) is 4. The van der Waals surface area contributed by atoms with Gasteiger partial charge in [-0.3, -0.25) is 9.59 Å². The number of rotatable bonds is 2. The minimum atomic E-state index is -0.326. The molecule has 1 amide bonds. The Kier molecular flexibility index (Phi) is 5.52. The van der Waals surface area contributed by atoms with Crippen LogP contribution in [0.3, 0.4) is 0 Å². The van der Waals surface area contributed by atoms with Crippen LogP contribution in [0.2, 0.25) is 0 Å². The van der Waals surface area contributed by atoms with Gasteiger partial charge in [-0.05, 0) is 19.1 Å². The molecule has 1 aromatic heterocycles. The lowest BCUT2D eigenvalue weighted by Crippen LogP contribution is -2.48. The van der Waals surface area contributed by atoms with E-state index in [9.17, 15) is 9.59 Å². The molecule has 0 radical (unpaired) electrons. The van der Waals surface area contributed by atoms with Crippen molar-refractivity contribution < 1.29 is 4.79 Å². The molecular formula is C16H19ClN4O2. The Bertz CT molecular complexity index is 739. The first-order valence-corrected chi connectivity index (χ1v) is 7.33. The third-order valence-corrected chi connectivity index (χ3v) is 3.72. The van der Waals surface area contributed by atoms with Crippen molar-refractivity contribution in [2.45, 2.75) is 6.92 Å². The van der Waals surface area contributed by atoms with Crippen molar-refractivity contribution in [2.24, 2.45) is 0 Å². The summed E-state index contributed by atoms with van der Waals surface area (Å²) in [5.41, 5.74) is 1.19. The normalized spacial score (nSPS) is 14.2. The van der Waals surface area contributed by atoms with E-state index in [2.05, 4.69) is 10.4 Å². The van der Waals surface area contributed by atoms with Crippen LogP contribution in [0.4, 0.5) is 0 Å². The molecule has 0 atom stereocenters. The molecule has 0 bridgehead atoms. The van der Waals surface area contributed by atoms with Gasteiger partial charge in [-0.1, -0.05) is 18.2 Å². The first kappa shape index (κ1) is 17.2. The maximum absolute atomic E-state index is 12.5. The van der Waals surface area contributed by atoms with Crippen molar-refractivity contribution in [3.63, 3.8) is 0 Å². The van der Waals surface area contributed by atoms with Crippen molar-refractivity contribution in [1.82, 2.24) is 20.0 Å². The molecule has 0 unspecified atom stereocenters. The molecule has 2 aromatic rings. The molecule has 1 aliphatic heterocycles. The van der Waals surface area contributed by atoms with Gasteiger partial charge in [-0.15, -0.1) is 12.4 Å². The number of nitrogens with zero attached hydrogens (tertiary/aromatic N) is 3. The van der Waals surface area contributed by atoms with Crippen molar-refractivity contribution in [3.05, 3.63) is 58.0 Å².